The third kappa shape index (κ3) is 3.24. The van der Waals surface area contributed by atoms with Crippen LogP contribution in [0.1, 0.15) is 23.0 Å². The molecule has 1 aromatic heterocycles. The normalized spacial score (nSPS) is 10.7. The van der Waals surface area contributed by atoms with Gasteiger partial charge in [0, 0.05) is 23.2 Å². The molecule has 1 heterocycles. The van der Waals surface area contributed by atoms with Gasteiger partial charge >= 0.3 is 0 Å². The fourth-order valence-corrected chi connectivity index (χ4v) is 3.46. The summed E-state index contributed by atoms with van der Waals surface area (Å²) in [6.07, 6.45) is 0. The number of hydrogen-bond acceptors (Lipinski definition) is 4. The van der Waals surface area contributed by atoms with Gasteiger partial charge in [0.15, 0.2) is 5.78 Å². The molecule has 0 spiro atoms. The van der Waals surface area contributed by atoms with E-state index in [2.05, 4.69) is 20.9 Å². The van der Waals surface area contributed by atoms with Crippen LogP contribution in [0.25, 0.3) is 22.0 Å². The predicted octanol–water partition coefficient (Wildman–Crippen LogP) is 5.02. The molecule has 0 aliphatic rings. The van der Waals surface area contributed by atoms with Crippen molar-refractivity contribution in [3.63, 3.8) is 0 Å². The maximum absolute atomic E-state index is 12.1. The van der Waals surface area contributed by atoms with Crippen LogP contribution in [0.4, 0.5) is 0 Å². The fourth-order valence-electron chi connectivity index (χ4n) is 2.92. The molecule has 5 heteroatoms. The number of rotatable bonds is 5. The van der Waals surface area contributed by atoms with Gasteiger partial charge in [0.05, 0.1) is 19.7 Å². The number of fused-ring (bicyclic) bond motifs is 1. The molecule has 3 rings (SSSR count). The Balaban J connectivity index is 2.39. The monoisotopic (exact) mass is 399 g/mol. The number of Topliss-reactive ketones (excluding diaryl/α,β-unsaturated/α-hetero) is 1. The first kappa shape index (κ1) is 17.4. The zero-order valence-corrected chi connectivity index (χ0v) is 15.9. The van der Waals surface area contributed by atoms with Crippen molar-refractivity contribution < 1.29 is 14.3 Å². The summed E-state index contributed by atoms with van der Waals surface area (Å²) in [5.41, 5.74) is 4.10. The van der Waals surface area contributed by atoms with Crippen LogP contribution in [-0.2, 0) is 5.33 Å². The number of carbonyl (C=O) groups is 1. The van der Waals surface area contributed by atoms with Gasteiger partial charge < -0.3 is 9.47 Å². The van der Waals surface area contributed by atoms with Crippen LogP contribution in [-0.4, -0.2) is 25.0 Å². The number of alkyl halides is 1. The molecule has 0 saturated heterocycles. The van der Waals surface area contributed by atoms with E-state index in [4.69, 9.17) is 9.47 Å². The highest BCUT2D eigenvalue weighted by atomic mass is 79.9. The summed E-state index contributed by atoms with van der Waals surface area (Å²) in [6.45, 7) is 1.54. The largest absolute Gasteiger partial charge is 0.497 e. The summed E-state index contributed by atoms with van der Waals surface area (Å²) < 4.78 is 10.6. The Morgan fingerprint density at radius 2 is 1.68 bits per heavy atom. The third-order valence-electron chi connectivity index (χ3n) is 4.14. The van der Waals surface area contributed by atoms with Crippen molar-refractivity contribution in [3.8, 4) is 22.6 Å². The number of carbonyl (C=O) groups excluding carboxylic acids is 1. The number of aromatic nitrogens is 1. The Labute approximate surface area is 154 Å². The summed E-state index contributed by atoms with van der Waals surface area (Å²) in [5.74, 6) is 1.48. The number of benzene rings is 2. The number of methoxy groups -OCH3 is 2. The van der Waals surface area contributed by atoms with Crippen molar-refractivity contribution in [1.29, 1.82) is 0 Å². The number of ether oxygens (including phenoxy) is 2. The van der Waals surface area contributed by atoms with E-state index in [1.54, 1.807) is 21.1 Å². The second-order valence-electron chi connectivity index (χ2n) is 5.62. The van der Waals surface area contributed by atoms with Gasteiger partial charge in [-0.3, -0.25) is 4.79 Å². The molecule has 0 aliphatic carbocycles. The second-order valence-corrected chi connectivity index (χ2v) is 6.18. The first-order chi connectivity index (χ1) is 12.1. The molecule has 0 bridgehead atoms. The van der Waals surface area contributed by atoms with Crippen LogP contribution in [0, 0.1) is 0 Å². The van der Waals surface area contributed by atoms with Crippen molar-refractivity contribution in [2.75, 3.05) is 14.2 Å². The third-order valence-corrected chi connectivity index (χ3v) is 4.70. The van der Waals surface area contributed by atoms with E-state index in [1.165, 1.54) is 0 Å². The van der Waals surface area contributed by atoms with Crippen molar-refractivity contribution in [2.24, 2.45) is 0 Å². The standard InChI is InChI=1S/C20H18BrNO3/c1-12(23)20-17(11-21)19(13-4-6-14(24-2)7-5-13)16-10-15(25-3)8-9-18(16)22-20/h4-10H,11H2,1-3H3. The number of nitrogens with zero attached hydrogens (tertiary/aromatic N) is 1. The molecule has 0 atom stereocenters. The fraction of sp³-hybridized carbons (Fsp3) is 0.200. The van der Waals surface area contributed by atoms with E-state index in [0.717, 1.165) is 39.1 Å². The van der Waals surface area contributed by atoms with Gasteiger partial charge in [0.2, 0.25) is 0 Å². The first-order valence-corrected chi connectivity index (χ1v) is 8.93. The van der Waals surface area contributed by atoms with Gasteiger partial charge in [-0.15, -0.1) is 0 Å². The van der Waals surface area contributed by atoms with E-state index >= 15 is 0 Å². The molecular weight excluding hydrogens is 382 g/mol. The quantitative estimate of drug-likeness (QED) is 0.446. The molecule has 128 valence electrons. The summed E-state index contributed by atoms with van der Waals surface area (Å²) >= 11 is 3.53. The van der Waals surface area contributed by atoms with Crippen LogP contribution in [0.15, 0.2) is 42.5 Å². The highest BCUT2D eigenvalue weighted by Gasteiger charge is 2.19. The minimum absolute atomic E-state index is 0.0538. The van der Waals surface area contributed by atoms with Crippen LogP contribution in [0.3, 0.4) is 0 Å². The Hall–Kier alpha value is -2.40. The van der Waals surface area contributed by atoms with Crippen LogP contribution >= 0.6 is 15.9 Å². The van der Waals surface area contributed by atoms with Crippen molar-refractivity contribution in [3.05, 3.63) is 53.7 Å². The molecule has 0 aliphatic heterocycles. The molecule has 25 heavy (non-hydrogen) atoms. The highest BCUT2D eigenvalue weighted by molar-refractivity contribution is 9.08. The van der Waals surface area contributed by atoms with E-state index in [9.17, 15) is 4.79 Å². The molecule has 0 radical (unpaired) electrons. The average Bonchev–Trinajstić information content (AvgIpc) is 2.65. The lowest BCUT2D eigenvalue weighted by Gasteiger charge is -2.16. The minimum Gasteiger partial charge on any atom is -0.497 e. The second kappa shape index (κ2) is 7.23. The molecule has 0 amide bonds. The van der Waals surface area contributed by atoms with Crippen LogP contribution in [0.5, 0.6) is 11.5 Å². The lowest BCUT2D eigenvalue weighted by Crippen LogP contribution is -2.05. The van der Waals surface area contributed by atoms with Gasteiger partial charge in [-0.25, -0.2) is 4.98 Å². The zero-order valence-electron chi connectivity index (χ0n) is 14.3. The molecule has 4 nitrogen and oxygen atoms in total. The minimum atomic E-state index is -0.0538. The zero-order chi connectivity index (χ0) is 18.0. The molecular formula is C20H18BrNO3. The van der Waals surface area contributed by atoms with Gasteiger partial charge in [0.1, 0.15) is 17.2 Å². The van der Waals surface area contributed by atoms with E-state index in [0.29, 0.717) is 11.0 Å². The topological polar surface area (TPSA) is 48.4 Å². The molecule has 0 N–H and O–H groups in total. The number of halogens is 1. The van der Waals surface area contributed by atoms with Gasteiger partial charge in [-0.2, -0.15) is 0 Å². The summed E-state index contributed by atoms with van der Waals surface area (Å²) in [6, 6.07) is 13.5. The first-order valence-electron chi connectivity index (χ1n) is 7.81. The number of ketones is 1. The van der Waals surface area contributed by atoms with Gasteiger partial charge in [0.25, 0.3) is 0 Å². The van der Waals surface area contributed by atoms with Gasteiger partial charge in [-0.1, -0.05) is 28.1 Å². The summed E-state index contributed by atoms with van der Waals surface area (Å²) in [5, 5.41) is 1.48. The van der Waals surface area contributed by atoms with Crippen LogP contribution < -0.4 is 9.47 Å². The lowest BCUT2D eigenvalue weighted by molar-refractivity contribution is 0.101. The number of hydrogen-bond donors (Lipinski definition) is 0. The van der Waals surface area contributed by atoms with E-state index < -0.39 is 0 Å². The smallest absolute Gasteiger partial charge is 0.178 e. The van der Waals surface area contributed by atoms with Crippen molar-refractivity contribution in [1.82, 2.24) is 4.98 Å². The number of pyridine rings is 1. The van der Waals surface area contributed by atoms with E-state index in [-0.39, 0.29) is 5.78 Å². The average molecular weight is 400 g/mol. The maximum Gasteiger partial charge on any atom is 0.178 e. The predicted molar refractivity (Wildman–Crippen MR) is 103 cm³/mol. The molecule has 0 saturated carbocycles. The Kier molecular flexibility index (Phi) is 5.04. The molecule has 0 fully saturated rings. The Bertz CT molecular complexity index is 936. The Morgan fingerprint density at radius 3 is 2.24 bits per heavy atom. The summed E-state index contributed by atoms with van der Waals surface area (Å²) in [7, 11) is 3.27. The van der Waals surface area contributed by atoms with Crippen molar-refractivity contribution in [2.45, 2.75) is 12.3 Å². The SMILES string of the molecule is COc1ccc(-c2c(CBr)c(C(C)=O)nc3ccc(OC)cc23)cc1. The molecule has 0 unspecified atom stereocenters. The Morgan fingerprint density at radius 1 is 1.04 bits per heavy atom. The lowest BCUT2D eigenvalue weighted by atomic mass is 9.94. The van der Waals surface area contributed by atoms with Gasteiger partial charge in [-0.05, 0) is 41.5 Å². The maximum atomic E-state index is 12.1. The van der Waals surface area contributed by atoms with E-state index in [1.807, 2.05) is 42.5 Å². The highest BCUT2D eigenvalue weighted by Crippen LogP contribution is 2.36. The van der Waals surface area contributed by atoms with Crippen molar-refractivity contribution >= 4 is 32.6 Å². The summed E-state index contributed by atoms with van der Waals surface area (Å²) in [4.78, 5) is 16.7. The molecule has 2 aromatic carbocycles. The molecule has 3 aromatic rings. The van der Waals surface area contributed by atoms with Crippen LogP contribution in [0.2, 0.25) is 0 Å².